The Labute approximate surface area is 288 Å². The molecular weight excluding hydrogens is 615 g/mol. The SMILES string of the molecule is CCCCCC/C=C\CC(O)CC(=O)NC(COP(=O)(O)OCCN)C(O)/C=C/CCCCCCCCCCCCCCCCCC. The van der Waals surface area contributed by atoms with Crippen molar-refractivity contribution in [3.05, 3.63) is 24.3 Å². The number of carbonyl (C=O) groups is 1. The van der Waals surface area contributed by atoms with Crippen LogP contribution in [0.1, 0.15) is 168 Å². The highest BCUT2D eigenvalue weighted by Gasteiger charge is 2.27. The number of unbranched alkanes of at least 4 members (excludes halogenated alkanes) is 20. The summed E-state index contributed by atoms with van der Waals surface area (Å²) in [5, 5.41) is 23.7. The zero-order valence-electron chi connectivity index (χ0n) is 30.1. The summed E-state index contributed by atoms with van der Waals surface area (Å²) in [6, 6.07) is -0.993. The molecule has 0 aromatic heterocycles. The number of aliphatic hydroxyl groups is 2. The number of phosphoric ester groups is 1. The number of nitrogens with two attached hydrogens (primary N) is 1. The second-order valence-corrected chi connectivity index (χ2v) is 14.4. The van der Waals surface area contributed by atoms with E-state index in [0.717, 1.165) is 32.1 Å². The zero-order valence-corrected chi connectivity index (χ0v) is 31.0. The fraction of sp³-hybridized carbons (Fsp3) is 0.865. The number of hydrogen-bond donors (Lipinski definition) is 5. The Bertz CT molecular complexity index is 812. The number of aliphatic hydroxyl groups excluding tert-OH is 2. The van der Waals surface area contributed by atoms with Gasteiger partial charge in [-0.2, -0.15) is 0 Å². The van der Waals surface area contributed by atoms with Crippen molar-refractivity contribution in [1.82, 2.24) is 5.32 Å². The summed E-state index contributed by atoms with van der Waals surface area (Å²) in [6.07, 6.45) is 33.0. The molecule has 0 aromatic rings. The summed E-state index contributed by atoms with van der Waals surface area (Å²) >= 11 is 0. The van der Waals surface area contributed by atoms with E-state index in [9.17, 15) is 24.5 Å². The Morgan fingerprint density at radius 1 is 0.723 bits per heavy atom. The summed E-state index contributed by atoms with van der Waals surface area (Å²) in [4.78, 5) is 22.5. The first kappa shape index (κ1) is 45.9. The molecule has 0 spiro atoms. The third kappa shape index (κ3) is 31.9. The molecule has 0 rings (SSSR count). The molecule has 6 N–H and O–H groups in total. The quantitative estimate of drug-likeness (QED) is 0.0252. The lowest BCUT2D eigenvalue weighted by Gasteiger charge is -2.23. The van der Waals surface area contributed by atoms with Crippen LogP contribution in [0.3, 0.4) is 0 Å². The molecule has 47 heavy (non-hydrogen) atoms. The molecule has 0 saturated heterocycles. The van der Waals surface area contributed by atoms with Crippen molar-refractivity contribution in [2.75, 3.05) is 19.8 Å². The molecule has 0 bridgehead atoms. The third-order valence-corrected chi connectivity index (χ3v) is 9.31. The molecule has 1 amide bonds. The monoisotopic (exact) mass is 689 g/mol. The van der Waals surface area contributed by atoms with Crippen LogP contribution in [0.15, 0.2) is 24.3 Å². The van der Waals surface area contributed by atoms with Gasteiger partial charge in [-0.1, -0.05) is 154 Å². The standard InChI is InChI=1S/C37H73N2O7P/c1-3-5-7-9-11-12-13-14-15-16-17-18-19-20-21-23-25-27-29-36(41)35(33-46-47(43,44)45-31-30-38)39-37(42)32-34(40)28-26-24-22-10-8-6-4-2/h24,26-27,29,34-36,40-41H,3-23,25,28,30-33,38H2,1-2H3,(H,39,42)(H,43,44)/b26-24-,29-27+. The maximum atomic E-state index is 12.6. The predicted octanol–water partition coefficient (Wildman–Crippen LogP) is 8.80. The molecule has 9 nitrogen and oxygen atoms in total. The van der Waals surface area contributed by atoms with E-state index in [0.29, 0.717) is 6.42 Å². The van der Waals surface area contributed by atoms with Crippen molar-refractivity contribution in [3.8, 4) is 0 Å². The van der Waals surface area contributed by atoms with Gasteiger partial charge < -0.3 is 26.2 Å². The Balaban J connectivity index is 4.38. The van der Waals surface area contributed by atoms with Gasteiger partial charge in [-0.3, -0.25) is 13.8 Å². The average molecular weight is 689 g/mol. The van der Waals surface area contributed by atoms with Crippen molar-refractivity contribution in [2.24, 2.45) is 5.73 Å². The minimum absolute atomic E-state index is 0.0455. The van der Waals surface area contributed by atoms with Gasteiger partial charge in [0.25, 0.3) is 0 Å². The van der Waals surface area contributed by atoms with Gasteiger partial charge in [0.2, 0.25) is 5.91 Å². The molecule has 0 fully saturated rings. The Hall–Kier alpha value is -1.06. The highest BCUT2D eigenvalue weighted by atomic mass is 31.2. The molecule has 0 heterocycles. The van der Waals surface area contributed by atoms with Crippen LogP contribution in [0.4, 0.5) is 0 Å². The predicted molar refractivity (Wildman–Crippen MR) is 195 cm³/mol. The summed E-state index contributed by atoms with van der Waals surface area (Å²) in [7, 11) is -4.39. The molecular formula is C37H73N2O7P. The lowest BCUT2D eigenvalue weighted by Crippen LogP contribution is -2.46. The van der Waals surface area contributed by atoms with E-state index < -0.39 is 38.6 Å². The Morgan fingerprint density at radius 2 is 1.19 bits per heavy atom. The van der Waals surface area contributed by atoms with Gasteiger partial charge in [0, 0.05) is 6.54 Å². The maximum Gasteiger partial charge on any atom is 0.472 e. The molecule has 4 atom stereocenters. The fourth-order valence-electron chi connectivity index (χ4n) is 5.41. The number of rotatable bonds is 35. The van der Waals surface area contributed by atoms with E-state index in [2.05, 4.69) is 19.2 Å². The van der Waals surface area contributed by atoms with E-state index in [1.54, 1.807) is 6.08 Å². The summed E-state index contributed by atoms with van der Waals surface area (Å²) in [5.41, 5.74) is 5.33. The highest BCUT2D eigenvalue weighted by Crippen LogP contribution is 2.43. The maximum absolute atomic E-state index is 12.6. The summed E-state index contributed by atoms with van der Waals surface area (Å²) in [5.74, 6) is -0.483. The van der Waals surface area contributed by atoms with Crippen molar-refractivity contribution >= 4 is 13.7 Å². The first-order chi connectivity index (χ1) is 22.8. The topological polar surface area (TPSA) is 151 Å². The summed E-state index contributed by atoms with van der Waals surface area (Å²) < 4.78 is 21.9. The van der Waals surface area contributed by atoms with Crippen molar-refractivity contribution in [3.63, 3.8) is 0 Å². The van der Waals surface area contributed by atoms with Crippen LogP contribution >= 0.6 is 7.82 Å². The zero-order chi connectivity index (χ0) is 34.9. The average Bonchev–Trinajstić information content (AvgIpc) is 3.04. The van der Waals surface area contributed by atoms with Crippen molar-refractivity contribution in [2.45, 2.75) is 186 Å². The van der Waals surface area contributed by atoms with Gasteiger partial charge in [0.15, 0.2) is 0 Å². The molecule has 0 aliphatic rings. The van der Waals surface area contributed by atoms with E-state index in [-0.39, 0.29) is 19.6 Å². The van der Waals surface area contributed by atoms with Gasteiger partial charge in [-0.15, -0.1) is 0 Å². The van der Waals surface area contributed by atoms with E-state index >= 15 is 0 Å². The minimum Gasteiger partial charge on any atom is -0.392 e. The van der Waals surface area contributed by atoms with E-state index in [1.165, 1.54) is 109 Å². The Kier molecular flexibility index (Phi) is 32.7. The first-order valence-electron chi connectivity index (χ1n) is 19.0. The normalized spacial score (nSPS) is 15.3. The van der Waals surface area contributed by atoms with Crippen LogP contribution in [-0.4, -0.2) is 59.0 Å². The van der Waals surface area contributed by atoms with Gasteiger partial charge in [-0.25, -0.2) is 4.57 Å². The largest absolute Gasteiger partial charge is 0.472 e. The molecule has 0 radical (unpaired) electrons. The van der Waals surface area contributed by atoms with Gasteiger partial charge in [0.1, 0.15) is 0 Å². The lowest BCUT2D eigenvalue weighted by molar-refractivity contribution is -0.124. The first-order valence-corrected chi connectivity index (χ1v) is 20.5. The van der Waals surface area contributed by atoms with Crippen molar-refractivity contribution < 1.29 is 33.5 Å². The Morgan fingerprint density at radius 3 is 1.70 bits per heavy atom. The molecule has 4 unspecified atom stereocenters. The number of phosphoric acid groups is 1. The smallest absolute Gasteiger partial charge is 0.392 e. The second kappa shape index (κ2) is 33.4. The van der Waals surface area contributed by atoms with Crippen LogP contribution < -0.4 is 11.1 Å². The van der Waals surface area contributed by atoms with Gasteiger partial charge in [-0.05, 0) is 32.1 Å². The highest BCUT2D eigenvalue weighted by molar-refractivity contribution is 7.47. The molecule has 0 aliphatic carbocycles. The van der Waals surface area contributed by atoms with E-state index in [4.69, 9.17) is 14.8 Å². The lowest BCUT2D eigenvalue weighted by atomic mass is 10.0. The number of carbonyl (C=O) groups excluding carboxylic acids is 1. The van der Waals surface area contributed by atoms with Crippen LogP contribution in [0.25, 0.3) is 0 Å². The second-order valence-electron chi connectivity index (χ2n) is 13.0. The van der Waals surface area contributed by atoms with Crippen LogP contribution in [0.5, 0.6) is 0 Å². The van der Waals surface area contributed by atoms with Gasteiger partial charge >= 0.3 is 7.82 Å². The number of hydrogen-bond acceptors (Lipinski definition) is 7. The molecule has 0 saturated carbocycles. The molecule has 0 aliphatic heterocycles. The number of allylic oxidation sites excluding steroid dienone is 2. The van der Waals surface area contributed by atoms with Crippen LogP contribution in [-0.2, 0) is 18.4 Å². The van der Waals surface area contributed by atoms with Crippen LogP contribution in [0.2, 0.25) is 0 Å². The van der Waals surface area contributed by atoms with Gasteiger partial charge in [0.05, 0.1) is 37.9 Å². The fourth-order valence-corrected chi connectivity index (χ4v) is 6.17. The number of nitrogens with one attached hydrogen (secondary N) is 1. The van der Waals surface area contributed by atoms with E-state index in [1.807, 2.05) is 18.2 Å². The molecule has 0 aromatic carbocycles. The third-order valence-electron chi connectivity index (χ3n) is 8.33. The summed E-state index contributed by atoms with van der Waals surface area (Å²) in [6.45, 7) is 3.88. The van der Waals surface area contributed by atoms with Crippen molar-refractivity contribution in [1.29, 1.82) is 0 Å². The molecule has 278 valence electrons. The minimum atomic E-state index is -4.39. The molecule has 10 heteroatoms. The van der Waals surface area contributed by atoms with Crippen LogP contribution in [0, 0.1) is 0 Å². The number of amides is 1.